The second kappa shape index (κ2) is 7.58. The lowest BCUT2D eigenvalue weighted by atomic mass is 9.84. The standard InChI is InChI=1S/C16H18O8/c1-7(11(13(17)18)14(19)20)9-3-5-10(6-4-9)8(2)12(15(21)22)16(23)24/h3-8,11-12H,1-2H3,(H,17,18)(H,19,20)(H,21,22)(H,23,24). The van der Waals surface area contributed by atoms with Gasteiger partial charge in [0.05, 0.1) is 0 Å². The van der Waals surface area contributed by atoms with Gasteiger partial charge in [0.1, 0.15) is 0 Å². The maximum absolute atomic E-state index is 11.1. The lowest BCUT2D eigenvalue weighted by molar-refractivity contribution is -0.157. The van der Waals surface area contributed by atoms with Crippen LogP contribution in [0.4, 0.5) is 0 Å². The van der Waals surface area contributed by atoms with E-state index in [1.54, 1.807) is 0 Å². The zero-order valence-corrected chi connectivity index (χ0v) is 13.0. The minimum atomic E-state index is -1.61. The van der Waals surface area contributed by atoms with Gasteiger partial charge in [0.25, 0.3) is 0 Å². The fourth-order valence-corrected chi connectivity index (χ4v) is 2.55. The molecule has 8 heteroatoms. The van der Waals surface area contributed by atoms with E-state index in [4.69, 9.17) is 20.4 Å². The maximum Gasteiger partial charge on any atom is 0.318 e. The third-order valence-corrected chi connectivity index (χ3v) is 4.05. The Morgan fingerprint density at radius 3 is 1.00 bits per heavy atom. The molecule has 0 aliphatic rings. The van der Waals surface area contributed by atoms with Crippen LogP contribution in [-0.2, 0) is 19.2 Å². The second-order valence-electron chi connectivity index (χ2n) is 5.55. The number of aliphatic carboxylic acids is 4. The van der Waals surface area contributed by atoms with E-state index in [0.29, 0.717) is 11.1 Å². The third kappa shape index (κ3) is 4.09. The van der Waals surface area contributed by atoms with E-state index in [-0.39, 0.29) is 0 Å². The van der Waals surface area contributed by atoms with E-state index < -0.39 is 47.5 Å². The zero-order chi connectivity index (χ0) is 18.6. The lowest BCUT2D eigenvalue weighted by Crippen LogP contribution is -2.29. The summed E-state index contributed by atoms with van der Waals surface area (Å²) in [6, 6.07) is 5.93. The molecule has 0 spiro atoms. The number of benzene rings is 1. The molecule has 4 N–H and O–H groups in total. The van der Waals surface area contributed by atoms with Crippen molar-refractivity contribution >= 4 is 23.9 Å². The van der Waals surface area contributed by atoms with Crippen LogP contribution in [0.5, 0.6) is 0 Å². The largest absolute Gasteiger partial charge is 0.481 e. The van der Waals surface area contributed by atoms with Gasteiger partial charge in [-0.2, -0.15) is 0 Å². The predicted octanol–water partition coefficient (Wildman–Crippen LogP) is 1.46. The Bertz CT molecular complexity index is 564. The molecule has 0 amide bonds. The van der Waals surface area contributed by atoms with E-state index in [1.165, 1.54) is 38.1 Å². The molecule has 1 aromatic carbocycles. The van der Waals surface area contributed by atoms with Crippen LogP contribution >= 0.6 is 0 Å². The summed E-state index contributed by atoms with van der Waals surface area (Å²) < 4.78 is 0. The Kier molecular flexibility index (Phi) is 6.05. The zero-order valence-electron chi connectivity index (χ0n) is 13.0. The normalized spacial score (nSPS) is 13.5. The van der Waals surface area contributed by atoms with Gasteiger partial charge in [0, 0.05) is 11.8 Å². The van der Waals surface area contributed by atoms with Crippen LogP contribution in [0, 0.1) is 11.8 Å². The van der Waals surface area contributed by atoms with E-state index >= 15 is 0 Å². The van der Waals surface area contributed by atoms with E-state index in [9.17, 15) is 19.2 Å². The van der Waals surface area contributed by atoms with Gasteiger partial charge in [0.2, 0.25) is 0 Å². The Balaban J connectivity index is 3.08. The highest BCUT2D eigenvalue weighted by molar-refractivity contribution is 5.94. The summed E-state index contributed by atoms with van der Waals surface area (Å²) in [5.41, 5.74) is 0.894. The first-order chi connectivity index (χ1) is 11.1. The average Bonchev–Trinajstić information content (AvgIpc) is 2.45. The van der Waals surface area contributed by atoms with Crippen molar-refractivity contribution in [3.8, 4) is 0 Å². The molecule has 0 aromatic heterocycles. The molecule has 0 fully saturated rings. The van der Waals surface area contributed by atoms with Crippen molar-refractivity contribution in [3.05, 3.63) is 35.4 Å². The molecule has 0 saturated carbocycles. The highest BCUT2D eigenvalue weighted by Gasteiger charge is 2.34. The van der Waals surface area contributed by atoms with Crippen LogP contribution < -0.4 is 0 Å². The summed E-state index contributed by atoms with van der Waals surface area (Å²) in [6.07, 6.45) is 0. The van der Waals surface area contributed by atoms with Crippen molar-refractivity contribution in [2.75, 3.05) is 0 Å². The van der Waals surface area contributed by atoms with Crippen LogP contribution in [-0.4, -0.2) is 44.3 Å². The molecular weight excluding hydrogens is 320 g/mol. The quantitative estimate of drug-likeness (QED) is 0.520. The predicted molar refractivity (Wildman–Crippen MR) is 80.8 cm³/mol. The van der Waals surface area contributed by atoms with E-state index in [1.807, 2.05) is 0 Å². The molecule has 1 rings (SSSR count). The summed E-state index contributed by atoms with van der Waals surface area (Å²) in [4.78, 5) is 44.2. The third-order valence-electron chi connectivity index (χ3n) is 4.05. The van der Waals surface area contributed by atoms with Gasteiger partial charge >= 0.3 is 23.9 Å². The molecule has 0 saturated heterocycles. The Morgan fingerprint density at radius 1 is 0.625 bits per heavy atom. The van der Waals surface area contributed by atoms with Crippen LogP contribution in [0.25, 0.3) is 0 Å². The summed E-state index contributed by atoms with van der Waals surface area (Å²) in [7, 11) is 0. The van der Waals surface area contributed by atoms with Crippen LogP contribution in [0.3, 0.4) is 0 Å². The molecule has 8 nitrogen and oxygen atoms in total. The molecule has 1 aromatic rings. The highest BCUT2D eigenvalue weighted by Crippen LogP contribution is 2.29. The smallest absolute Gasteiger partial charge is 0.318 e. The number of hydrogen-bond acceptors (Lipinski definition) is 4. The highest BCUT2D eigenvalue weighted by atomic mass is 16.4. The Labute approximate surface area is 137 Å². The van der Waals surface area contributed by atoms with Gasteiger partial charge in [0.15, 0.2) is 11.8 Å². The van der Waals surface area contributed by atoms with Crippen molar-refractivity contribution in [2.24, 2.45) is 11.8 Å². The van der Waals surface area contributed by atoms with Gasteiger partial charge in [-0.1, -0.05) is 38.1 Å². The molecule has 130 valence electrons. The monoisotopic (exact) mass is 338 g/mol. The first kappa shape index (κ1) is 19.1. The maximum atomic E-state index is 11.1. The van der Waals surface area contributed by atoms with Gasteiger partial charge in [-0.05, 0) is 11.1 Å². The summed E-state index contributed by atoms with van der Waals surface area (Å²) in [5.74, 6) is -10.7. The summed E-state index contributed by atoms with van der Waals surface area (Å²) >= 11 is 0. The van der Waals surface area contributed by atoms with E-state index in [0.717, 1.165) is 0 Å². The fourth-order valence-electron chi connectivity index (χ4n) is 2.55. The van der Waals surface area contributed by atoms with Crippen molar-refractivity contribution in [1.82, 2.24) is 0 Å². The molecule has 0 aliphatic carbocycles. The number of rotatable bonds is 8. The van der Waals surface area contributed by atoms with Crippen LogP contribution in [0.1, 0.15) is 36.8 Å². The van der Waals surface area contributed by atoms with Crippen molar-refractivity contribution in [3.63, 3.8) is 0 Å². The molecule has 0 radical (unpaired) electrons. The number of carboxylic acids is 4. The van der Waals surface area contributed by atoms with Gasteiger partial charge in [-0.25, -0.2) is 0 Å². The van der Waals surface area contributed by atoms with E-state index in [2.05, 4.69) is 0 Å². The van der Waals surface area contributed by atoms with Crippen molar-refractivity contribution in [1.29, 1.82) is 0 Å². The van der Waals surface area contributed by atoms with Crippen LogP contribution in [0.15, 0.2) is 24.3 Å². The summed E-state index contributed by atoms with van der Waals surface area (Å²) in [6.45, 7) is 2.92. The molecule has 0 aliphatic heterocycles. The molecule has 2 atom stereocenters. The first-order valence-electron chi connectivity index (χ1n) is 7.09. The minimum absolute atomic E-state index is 0.447. The number of hydrogen-bond donors (Lipinski definition) is 4. The molecule has 24 heavy (non-hydrogen) atoms. The fraction of sp³-hybridized carbons (Fsp3) is 0.375. The lowest BCUT2D eigenvalue weighted by Gasteiger charge is -2.20. The average molecular weight is 338 g/mol. The molecule has 0 heterocycles. The van der Waals surface area contributed by atoms with Crippen molar-refractivity contribution < 1.29 is 39.6 Å². The SMILES string of the molecule is CC(c1ccc(C(C)C(C(=O)O)C(=O)O)cc1)C(C(=O)O)C(=O)O. The Hall–Kier alpha value is -2.90. The van der Waals surface area contributed by atoms with Gasteiger partial charge in [-0.3, -0.25) is 19.2 Å². The topological polar surface area (TPSA) is 149 Å². The van der Waals surface area contributed by atoms with Crippen molar-refractivity contribution in [2.45, 2.75) is 25.7 Å². The second-order valence-corrected chi connectivity index (χ2v) is 5.55. The van der Waals surface area contributed by atoms with Gasteiger partial charge < -0.3 is 20.4 Å². The summed E-state index contributed by atoms with van der Waals surface area (Å²) in [5, 5.41) is 36.0. The molecular formula is C16H18O8. The molecule has 0 bridgehead atoms. The number of carbonyl (C=O) groups is 4. The Morgan fingerprint density at radius 2 is 0.833 bits per heavy atom. The molecule has 2 unspecified atom stereocenters. The first-order valence-corrected chi connectivity index (χ1v) is 7.09. The van der Waals surface area contributed by atoms with Gasteiger partial charge in [-0.15, -0.1) is 0 Å². The minimum Gasteiger partial charge on any atom is -0.481 e. The number of carboxylic acid groups (broad SMARTS) is 4. The van der Waals surface area contributed by atoms with Crippen LogP contribution in [0.2, 0.25) is 0 Å².